The van der Waals surface area contributed by atoms with Crippen LogP contribution in [0.15, 0.2) is 79.1 Å². The molecule has 220 valence electrons. The summed E-state index contributed by atoms with van der Waals surface area (Å²) < 4.78 is 21.8. The minimum atomic E-state index is -1.12. The van der Waals surface area contributed by atoms with Gasteiger partial charge in [0.2, 0.25) is 0 Å². The maximum Gasteiger partial charge on any atom is 0.339 e. The highest BCUT2D eigenvalue weighted by Crippen LogP contribution is 2.35. The fourth-order valence-corrected chi connectivity index (χ4v) is 4.11. The molecule has 10 nitrogen and oxygen atoms in total. The first-order chi connectivity index (χ1) is 20.9. The van der Waals surface area contributed by atoms with Gasteiger partial charge in [-0.2, -0.15) is 0 Å². The molecule has 0 spiro atoms. The molecule has 0 radical (unpaired) electrons. The molecular formula is C33H31N3O7. The Morgan fingerprint density at radius 2 is 1.58 bits per heavy atom. The van der Waals surface area contributed by atoms with Gasteiger partial charge in [-0.3, -0.25) is 0 Å². The number of terminal acetylenes is 1. The van der Waals surface area contributed by atoms with Crippen molar-refractivity contribution in [3.05, 3.63) is 90.3 Å². The van der Waals surface area contributed by atoms with E-state index in [1.807, 2.05) is 48.5 Å². The highest BCUT2D eigenvalue weighted by molar-refractivity contribution is 6.00. The number of carboxylic acids is 1. The van der Waals surface area contributed by atoms with Gasteiger partial charge in [0, 0.05) is 42.3 Å². The van der Waals surface area contributed by atoms with E-state index in [1.54, 1.807) is 32.4 Å². The molecule has 0 aliphatic carbocycles. The molecule has 0 saturated heterocycles. The maximum atomic E-state index is 10.7. The van der Waals surface area contributed by atoms with Gasteiger partial charge in [0.1, 0.15) is 36.7 Å². The number of fused-ring (bicyclic) bond motifs is 2. The summed E-state index contributed by atoms with van der Waals surface area (Å²) in [6.45, 7) is 1.73. The number of ether oxygens (including phenoxy) is 4. The Morgan fingerprint density at radius 3 is 2.28 bits per heavy atom. The summed E-state index contributed by atoms with van der Waals surface area (Å²) in [7, 11) is 3.25. The smallest absolute Gasteiger partial charge is 0.339 e. The van der Waals surface area contributed by atoms with E-state index >= 15 is 0 Å². The topological polar surface area (TPSA) is 132 Å². The minimum Gasteiger partial charge on any atom is -0.506 e. The molecule has 0 amide bonds. The van der Waals surface area contributed by atoms with Gasteiger partial charge in [-0.1, -0.05) is 42.3 Å². The average Bonchev–Trinajstić information content (AvgIpc) is 3.02. The summed E-state index contributed by atoms with van der Waals surface area (Å²) >= 11 is 0. The third kappa shape index (κ3) is 7.89. The Balaban J connectivity index is 0.000000251. The number of nitrogens with one attached hydrogen (secondary N) is 1. The van der Waals surface area contributed by atoms with Crippen LogP contribution in [0.4, 0.5) is 11.5 Å². The van der Waals surface area contributed by atoms with E-state index in [4.69, 9.17) is 30.5 Å². The van der Waals surface area contributed by atoms with Crippen LogP contribution in [-0.2, 0) is 9.47 Å². The van der Waals surface area contributed by atoms with Crippen molar-refractivity contribution < 1.29 is 34.0 Å². The molecule has 5 aromatic rings. The number of anilines is 2. The van der Waals surface area contributed by atoms with Gasteiger partial charge in [0.15, 0.2) is 11.5 Å². The van der Waals surface area contributed by atoms with Gasteiger partial charge in [-0.15, -0.1) is 6.42 Å². The molecule has 0 bridgehead atoms. The van der Waals surface area contributed by atoms with E-state index in [-0.39, 0.29) is 11.3 Å². The van der Waals surface area contributed by atoms with Crippen molar-refractivity contribution in [1.29, 1.82) is 0 Å². The molecular weight excluding hydrogens is 550 g/mol. The molecule has 1 heterocycles. The second kappa shape index (κ2) is 15.0. The summed E-state index contributed by atoms with van der Waals surface area (Å²) in [6, 6.07) is 21.4. The lowest BCUT2D eigenvalue weighted by atomic mass is 10.1. The van der Waals surface area contributed by atoms with Crippen LogP contribution in [-0.4, -0.2) is 66.8 Å². The zero-order chi connectivity index (χ0) is 30.6. The minimum absolute atomic E-state index is 0.0660. The molecule has 0 aliphatic heterocycles. The molecule has 0 atom stereocenters. The number of phenols is 1. The lowest BCUT2D eigenvalue weighted by molar-refractivity contribution is 0.0694. The van der Waals surface area contributed by atoms with Gasteiger partial charge in [0.25, 0.3) is 0 Å². The van der Waals surface area contributed by atoms with Crippen LogP contribution in [0.1, 0.15) is 15.9 Å². The molecule has 4 aromatic carbocycles. The van der Waals surface area contributed by atoms with Crippen molar-refractivity contribution in [3.8, 4) is 29.6 Å². The first-order valence-corrected chi connectivity index (χ1v) is 13.2. The quantitative estimate of drug-likeness (QED) is 0.133. The van der Waals surface area contributed by atoms with Gasteiger partial charge in [0.05, 0.1) is 18.7 Å². The Bertz CT molecular complexity index is 1750. The molecule has 5 rings (SSSR count). The fraction of sp³-hybridized carbons (Fsp3) is 0.182. The zero-order valence-electron chi connectivity index (χ0n) is 23.7. The SMILES string of the molecule is C#Cc1cccc(Nc2ncnc3cc(OCCOC)c(OCCOC)cc23)c1.O=C(O)c1ccc2ccccc2c1O. The maximum absolute atomic E-state index is 10.7. The van der Waals surface area contributed by atoms with Gasteiger partial charge in [-0.25, -0.2) is 14.8 Å². The average molecular weight is 582 g/mol. The summed E-state index contributed by atoms with van der Waals surface area (Å²) in [4.78, 5) is 19.5. The van der Waals surface area contributed by atoms with Crippen LogP contribution in [0, 0.1) is 12.3 Å². The highest BCUT2D eigenvalue weighted by atomic mass is 16.5. The largest absolute Gasteiger partial charge is 0.506 e. The number of benzene rings is 4. The number of hydrogen-bond acceptors (Lipinski definition) is 9. The molecule has 0 aliphatic rings. The Labute approximate surface area is 248 Å². The van der Waals surface area contributed by atoms with Crippen molar-refractivity contribution in [2.75, 3.05) is 46.0 Å². The molecule has 10 heteroatoms. The van der Waals surface area contributed by atoms with E-state index in [1.165, 1.54) is 12.4 Å². The van der Waals surface area contributed by atoms with Crippen LogP contribution in [0.5, 0.6) is 17.2 Å². The van der Waals surface area contributed by atoms with Crippen LogP contribution in [0.25, 0.3) is 21.7 Å². The molecule has 0 fully saturated rings. The van der Waals surface area contributed by atoms with Crippen molar-refractivity contribution in [1.82, 2.24) is 9.97 Å². The number of aromatic carboxylic acids is 1. The molecule has 1 aromatic heterocycles. The molecule has 43 heavy (non-hydrogen) atoms. The number of carbonyl (C=O) groups is 1. The van der Waals surface area contributed by atoms with Gasteiger partial charge < -0.3 is 34.5 Å². The zero-order valence-corrected chi connectivity index (χ0v) is 23.7. The van der Waals surface area contributed by atoms with E-state index in [2.05, 4.69) is 21.2 Å². The fourth-order valence-electron chi connectivity index (χ4n) is 4.11. The second-order valence-electron chi connectivity index (χ2n) is 9.06. The van der Waals surface area contributed by atoms with Gasteiger partial charge in [-0.05, 0) is 35.7 Å². The van der Waals surface area contributed by atoms with Crippen LogP contribution < -0.4 is 14.8 Å². The standard InChI is InChI=1S/C22H23N3O4.C11H8O3/c1-4-16-6-5-7-17(12-16)25-22-18-13-20(28-10-8-26-2)21(29-11-9-27-3)14-19(18)23-15-24-22;12-10-8-4-2-1-3-7(8)5-6-9(10)11(13)14/h1,5-7,12-15H,8-11H2,2-3H3,(H,23,24,25);1-6,12H,(H,13,14). The number of methoxy groups -OCH3 is 2. The first kappa shape index (κ1) is 30.6. The third-order valence-corrected chi connectivity index (χ3v) is 6.21. The second-order valence-corrected chi connectivity index (χ2v) is 9.06. The lowest BCUT2D eigenvalue weighted by Crippen LogP contribution is -2.09. The first-order valence-electron chi connectivity index (χ1n) is 13.2. The van der Waals surface area contributed by atoms with E-state index in [9.17, 15) is 9.90 Å². The number of aromatic hydroxyl groups is 1. The van der Waals surface area contributed by atoms with Crippen molar-refractivity contribution in [2.24, 2.45) is 0 Å². The van der Waals surface area contributed by atoms with Crippen LogP contribution in [0.2, 0.25) is 0 Å². The number of rotatable bonds is 11. The highest BCUT2D eigenvalue weighted by Gasteiger charge is 2.13. The Morgan fingerprint density at radius 1 is 0.860 bits per heavy atom. The summed E-state index contributed by atoms with van der Waals surface area (Å²) in [5.74, 6) is 3.16. The van der Waals surface area contributed by atoms with Crippen molar-refractivity contribution in [3.63, 3.8) is 0 Å². The Hall–Kier alpha value is -5.37. The van der Waals surface area contributed by atoms with Crippen molar-refractivity contribution in [2.45, 2.75) is 0 Å². The monoisotopic (exact) mass is 581 g/mol. The number of nitrogens with zero attached hydrogens (tertiary/aromatic N) is 2. The number of aromatic nitrogens is 2. The number of hydrogen-bond donors (Lipinski definition) is 3. The summed E-state index contributed by atoms with van der Waals surface area (Å²) in [6.07, 6.45) is 6.99. The van der Waals surface area contributed by atoms with Crippen LogP contribution in [0.3, 0.4) is 0 Å². The van der Waals surface area contributed by atoms with Gasteiger partial charge >= 0.3 is 5.97 Å². The summed E-state index contributed by atoms with van der Waals surface area (Å²) in [5, 5.41) is 23.9. The van der Waals surface area contributed by atoms with Crippen LogP contribution >= 0.6 is 0 Å². The molecule has 0 saturated carbocycles. The van der Waals surface area contributed by atoms with E-state index in [0.29, 0.717) is 49.1 Å². The normalized spacial score (nSPS) is 10.4. The predicted molar refractivity (Wildman–Crippen MR) is 165 cm³/mol. The molecule has 3 N–H and O–H groups in total. The molecule has 0 unspecified atom stereocenters. The predicted octanol–water partition coefficient (Wildman–Crippen LogP) is 5.65. The lowest BCUT2D eigenvalue weighted by Gasteiger charge is -2.15. The number of carboxylic acid groups (broad SMARTS) is 1. The van der Waals surface area contributed by atoms with E-state index in [0.717, 1.165) is 27.5 Å². The third-order valence-electron chi connectivity index (χ3n) is 6.21. The van der Waals surface area contributed by atoms with E-state index < -0.39 is 5.97 Å². The Kier molecular flexibility index (Phi) is 10.7. The van der Waals surface area contributed by atoms with Crippen molar-refractivity contribution >= 4 is 39.1 Å². The summed E-state index contributed by atoms with van der Waals surface area (Å²) in [5.41, 5.74) is 2.28.